The molecule has 0 spiro atoms. The molecule has 2 heteroatoms. The summed E-state index contributed by atoms with van der Waals surface area (Å²) in [5, 5.41) is 0. The minimum absolute atomic E-state index is 0.778. The Morgan fingerprint density at radius 3 is 0.900 bits per heavy atom. The van der Waals surface area contributed by atoms with Crippen LogP contribution in [0.15, 0.2) is 0 Å². The summed E-state index contributed by atoms with van der Waals surface area (Å²) in [5.74, 6) is 0. The molecule has 1 rings (SSSR count). The molecule has 0 aromatic carbocycles. The summed E-state index contributed by atoms with van der Waals surface area (Å²) in [5.41, 5.74) is 0. The summed E-state index contributed by atoms with van der Waals surface area (Å²) in [6, 6.07) is 0. The maximum atomic E-state index is 4.94. The van der Waals surface area contributed by atoms with E-state index >= 15 is 0 Å². The summed E-state index contributed by atoms with van der Waals surface area (Å²) < 4.78 is 9.89. The highest BCUT2D eigenvalue weighted by molar-refractivity contribution is 4.37. The Labute approximate surface area is 64.5 Å². The molecule has 1 fully saturated rings. The SMILES string of the molecule is C1COCCO1.CC.CC. The van der Waals surface area contributed by atoms with Crippen molar-refractivity contribution in [2.75, 3.05) is 26.4 Å². The first kappa shape index (κ1) is 12.6. The predicted octanol–water partition coefficient (Wildman–Crippen LogP) is 2.09. The van der Waals surface area contributed by atoms with Crippen molar-refractivity contribution >= 4 is 0 Å². The molecule has 0 saturated carbocycles. The van der Waals surface area contributed by atoms with Gasteiger partial charge in [-0.15, -0.1) is 0 Å². The minimum atomic E-state index is 0.778. The molecule has 1 heterocycles. The average Bonchev–Trinajstić information content (AvgIpc) is 2.14. The molecular weight excluding hydrogens is 128 g/mol. The summed E-state index contributed by atoms with van der Waals surface area (Å²) in [6.45, 7) is 11.1. The van der Waals surface area contributed by atoms with Gasteiger partial charge in [0.15, 0.2) is 0 Å². The van der Waals surface area contributed by atoms with Crippen LogP contribution in [0, 0.1) is 0 Å². The van der Waals surface area contributed by atoms with Crippen LogP contribution in [-0.2, 0) is 9.47 Å². The standard InChI is InChI=1S/C4H8O2.2C2H6/c1-2-6-4-3-5-1;2*1-2/h1-4H2;2*1-2H3. The van der Waals surface area contributed by atoms with Gasteiger partial charge in [-0.1, -0.05) is 27.7 Å². The van der Waals surface area contributed by atoms with E-state index < -0.39 is 0 Å². The molecular formula is C8H20O2. The minimum Gasteiger partial charge on any atom is -0.377 e. The van der Waals surface area contributed by atoms with Crippen LogP contribution in [0.25, 0.3) is 0 Å². The molecule has 0 N–H and O–H groups in total. The second-order valence-corrected chi connectivity index (χ2v) is 1.22. The number of hydrogen-bond donors (Lipinski definition) is 0. The maximum Gasteiger partial charge on any atom is 0.0701 e. The van der Waals surface area contributed by atoms with Gasteiger partial charge >= 0.3 is 0 Å². The van der Waals surface area contributed by atoms with Crippen molar-refractivity contribution in [1.29, 1.82) is 0 Å². The van der Waals surface area contributed by atoms with E-state index in [-0.39, 0.29) is 0 Å². The van der Waals surface area contributed by atoms with Crippen molar-refractivity contribution in [2.24, 2.45) is 0 Å². The van der Waals surface area contributed by atoms with Crippen LogP contribution in [-0.4, -0.2) is 26.4 Å². The third-order valence-electron chi connectivity index (χ3n) is 0.744. The summed E-state index contributed by atoms with van der Waals surface area (Å²) in [6.07, 6.45) is 0. The fourth-order valence-corrected chi connectivity index (χ4v) is 0.440. The normalized spacial score (nSPS) is 15.6. The van der Waals surface area contributed by atoms with Gasteiger partial charge in [-0.25, -0.2) is 0 Å². The van der Waals surface area contributed by atoms with Gasteiger partial charge in [-0.2, -0.15) is 0 Å². The van der Waals surface area contributed by atoms with E-state index in [1.165, 1.54) is 0 Å². The monoisotopic (exact) mass is 148 g/mol. The van der Waals surface area contributed by atoms with Crippen LogP contribution in [0.5, 0.6) is 0 Å². The third-order valence-corrected chi connectivity index (χ3v) is 0.744. The summed E-state index contributed by atoms with van der Waals surface area (Å²) >= 11 is 0. The highest BCUT2D eigenvalue weighted by Crippen LogP contribution is 1.85. The first-order valence-corrected chi connectivity index (χ1v) is 4.15. The van der Waals surface area contributed by atoms with Gasteiger partial charge in [0, 0.05) is 0 Å². The first-order valence-electron chi connectivity index (χ1n) is 4.15. The lowest BCUT2D eigenvalue weighted by atomic mass is 10.6. The fourth-order valence-electron chi connectivity index (χ4n) is 0.440. The van der Waals surface area contributed by atoms with Gasteiger partial charge in [-0.05, 0) is 0 Å². The lowest BCUT2D eigenvalue weighted by Gasteiger charge is -2.09. The topological polar surface area (TPSA) is 18.5 Å². The van der Waals surface area contributed by atoms with Crippen molar-refractivity contribution in [1.82, 2.24) is 0 Å². The number of ether oxygens (including phenoxy) is 2. The van der Waals surface area contributed by atoms with Crippen molar-refractivity contribution in [3.8, 4) is 0 Å². The fraction of sp³-hybridized carbons (Fsp3) is 1.00. The summed E-state index contributed by atoms with van der Waals surface area (Å²) in [4.78, 5) is 0. The molecule has 0 unspecified atom stereocenters. The van der Waals surface area contributed by atoms with Crippen molar-refractivity contribution in [3.05, 3.63) is 0 Å². The molecule has 1 aliphatic heterocycles. The smallest absolute Gasteiger partial charge is 0.0701 e. The van der Waals surface area contributed by atoms with E-state index in [1.54, 1.807) is 0 Å². The van der Waals surface area contributed by atoms with Crippen molar-refractivity contribution in [3.63, 3.8) is 0 Å². The molecule has 10 heavy (non-hydrogen) atoms. The van der Waals surface area contributed by atoms with Crippen molar-refractivity contribution in [2.45, 2.75) is 27.7 Å². The highest BCUT2D eigenvalue weighted by Gasteiger charge is 1.94. The van der Waals surface area contributed by atoms with Crippen LogP contribution >= 0.6 is 0 Å². The van der Waals surface area contributed by atoms with Crippen molar-refractivity contribution < 1.29 is 9.47 Å². The highest BCUT2D eigenvalue weighted by atomic mass is 16.6. The predicted molar refractivity (Wildman–Crippen MR) is 44.3 cm³/mol. The molecule has 1 saturated heterocycles. The molecule has 0 amide bonds. The van der Waals surface area contributed by atoms with E-state index in [9.17, 15) is 0 Å². The second-order valence-electron chi connectivity index (χ2n) is 1.22. The van der Waals surface area contributed by atoms with Gasteiger partial charge in [0.25, 0.3) is 0 Å². The zero-order chi connectivity index (χ0) is 8.24. The molecule has 0 radical (unpaired) electrons. The Hall–Kier alpha value is -0.0800. The Kier molecular flexibility index (Phi) is 20.1. The first-order chi connectivity index (χ1) is 5.00. The largest absolute Gasteiger partial charge is 0.377 e. The van der Waals surface area contributed by atoms with Crippen LogP contribution < -0.4 is 0 Å². The van der Waals surface area contributed by atoms with Crippen LogP contribution in [0.2, 0.25) is 0 Å². The lowest BCUT2D eigenvalue weighted by molar-refractivity contribution is -0.0334. The van der Waals surface area contributed by atoms with Crippen LogP contribution in [0.1, 0.15) is 27.7 Å². The molecule has 0 atom stereocenters. The maximum absolute atomic E-state index is 4.94. The van der Waals surface area contributed by atoms with E-state index in [4.69, 9.17) is 9.47 Å². The van der Waals surface area contributed by atoms with E-state index in [2.05, 4.69) is 0 Å². The average molecular weight is 148 g/mol. The molecule has 2 nitrogen and oxygen atoms in total. The Morgan fingerprint density at radius 1 is 0.600 bits per heavy atom. The van der Waals surface area contributed by atoms with E-state index in [0.29, 0.717) is 0 Å². The third kappa shape index (κ3) is 10.8. The quantitative estimate of drug-likeness (QED) is 0.523. The van der Waals surface area contributed by atoms with Gasteiger partial charge in [-0.3, -0.25) is 0 Å². The van der Waals surface area contributed by atoms with Gasteiger partial charge in [0.1, 0.15) is 0 Å². The van der Waals surface area contributed by atoms with E-state index in [1.807, 2.05) is 27.7 Å². The van der Waals surface area contributed by atoms with Gasteiger partial charge < -0.3 is 9.47 Å². The second kappa shape index (κ2) is 16.0. The molecule has 0 aromatic heterocycles. The lowest BCUT2D eigenvalue weighted by Crippen LogP contribution is -2.16. The summed E-state index contributed by atoms with van der Waals surface area (Å²) in [7, 11) is 0. The molecule has 64 valence electrons. The van der Waals surface area contributed by atoms with Crippen LogP contribution in [0.4, 0.5) is 0 Å². The Morgan fingerprint density at radius 2 is 0.800 bits per heavy atom. The van der Waals surface area contributed by atoms with Crippen LogP contribution in [0.3, 0.4) is 0 Å². The zero-order valence-electron chi connectivity index (χ0n) is 7.64. The molecule has 0 aliphatic carbocycles. The molecule has 0 bridgehead atoms. The van der Waals surface area contributed by atoms with E-state index in [0.717, 1.165) is 26.4 Å². The molecule has 0 aromatic rings. The van der Waals surface area contributed by atoms with Gasteiger partial charge in [0.05, 0.1) is 26.4 Å². The number of rotatable bonds is 0. The molecule has 1 aliphatic rings. The zero-order valence-corrected chi connectivity index (χ0v) is 7.64. The Bertz CT molecular complexity index is 22.7. The Balaban J connectivity index is 0. The van der Waals surface area contributed by atoms with Gasteiger partial charge in [0.2, 0.25) is 0 Å². The number of hydrogen-bond acceptors (Lipinski definition) is 2.